The average Bonchev–Trinajstić information content (AvgIpc) is 3.25. The zero-order chi connectivity index (χ0) is 14.4. The van der Waals surface area contributed by atoms with Gasteiger partial charge in [-0.1, -0.05) is 18.2 Å². The molecule has 0 saturated heterocycles. The first-order chi connectivity index (χ1) is 9.69. The fraction of sp³-hybridized carbons (Fsp3) is 0.438. The van der Waals surface area contributed by atoms with Gasteiger partial charge < -0.3 is 15.8 Å². The second kappa shape index (κ2) is 6.57. The predicted molar refractivity (Wildman–Crippen MR) is 80.4 cm³/mol. The summed E-state index contributed by atoms with van der Waals surface area (Å²) in [5, 5.41) is 2.95. The maximum atomic E-state index is 12.3. The van der Waals surface area contributed by atoms with E-state index in [1.54, 1.807) is 0 Å². The molecule has 0 spiro atoms. The first-order valence-corrected chi connectivity index (χ1v) is 7.02. The number of rotatable bonds is 8. The minimum Gasteiger partial charge on any atom is -0.399 e. The summed E-state index contributed by atoms with van der Waals surface area (Å²) in [6, 6.07) is 7.59. The summed E-state index contributed by atoms with van der Waals surface area (Å²) >= 11 is 0. The van der Waals surface area contributed by atoms with Crippen LogP contribution < -0.4 is 11.1 Å². The highest BCUT2D eigenvalue weighted by molar-refractivity contribution is 5.91. The molecule has 1 amide bonds. The maximum absolute atomic E-state index is 12.3. The summed E-state index contributed by atoms with van der Waals surface area (Å²) in [7, 11) is 0. The molecule has 1 saturated carbocycles. The van der Waals surface area contributed by atoms with Gasteiger partial charge in [-0.15, -0.1) is 6.58 Å². The van der Waals surface area contributed by atoms with Gasteiger partial charge in [0.1, 0.15) is 0 Å². The summed E-state index contributed by atoms with van der Waals surface area (Å²) in [4.78, 5) is 12.3. The van der Waals surface area contributed by atoms with Crippen LogP contribution in [0.5, 0.6) is 0 Å². The van der Waals surface area contributed by atoms with E-state index in [1.807, 2.05) is 30.3 Å². The SMILES string of the molecule is C=CCCOCCNC(=O)C1(c2ccc(N)cc2)CC1. The Morgan fingerprint density at radius 3 is 2.65 bits per heavy atom. The minimum absolute atomic E-state index is 0.0922. The molecule has 0 aliphatic heterocycles. The smallest absolute Gasteiger partial charge is 0.230 e. The van der Waals surface area contributed by atoms with Crippen LogP contribution in [-0.2, 0) is 14.9 Å². The van der Waals surface area contributed by atoms with Crippen LogP contribution in [0.4, 0.5) is 5.69 Å². The monoisotopic (exact) mass is 274 g/mol. The van der Waals surface area contributed by atoms with Crippen molar-refractivity contribution >= 4 is 11.6 Å². The highest BCUT2D eigenvalue weighted by Gasteiger charge is 2.50. The van der Waals surface area contributed by atoms with Gasteiger partial charge in [-0.3, -0.25) is 4.79 Å². The van der Waals surface area contributed by atoms with Crippen LogP contribution in [0.15, 0.2) is 36.9 Å². The van der Waals surface area contributed by atoms with Gasteiger partial charge in [0.05, 0.1) is 18.6 Å². The Kier molecular flexibility index (Phi) is 4.79. The molecule has 2 rings (SSSR count). The van der Waals surface area contributed by atoms with E-state index in [0.717, 1.165) is 30.5 Å². The fourth-order valence-electron chi connectivity index (χ4n) is 2.25. The molecule has 0 unspecified atom stereocenters. The topological polar surface area (TPSA) is 64.3 Å². The van der Waals surface area contributed by atoms with E-state index in [0.29, 0.717) is 19.8 Å². The van der Waals surface area contributed by atoms with Crippen molar-refractivity contribution in [2.75, 3.05) is 25.5 Å². The third-order valence-electron chi connectivity index (χ3n) is 3.65. The zero-order valence-corrected chi connectivity index (χ0v) is 11.7. The summed E-state index contributed by atoms with van der Waals surface area (Å²) in [5.74, 6) is 0.0922. The Labute approximate surface area is 120 Å². The van der Waals surface area contributed by atoms with Crippen molar-refractivity contribution in [1.29, 1.82) is 0 Å². The average molecular weight is 274 g/mol. The fourth-order valence-corrected chi connectivity index (χ4v) is 2.25. The van der Waals surface area contributed by atoms with Crippen molar-refractivity contribution < 1.29 is 9.53 Å². The highest BCUT2D eigenvalue weighted by Crippen LogP contribution is 2.48. The van der Waals surface area contributed by atoms with E-state index in [4.69, 9.17) is 10.5 Å². The van der Waals surface area contributed by atoms with Crippen molar-refractivity contribution in [2.45, 2.75) is 24.7 Å². The molecule has 1 aliphatic rings. The lowest BCUT2D eigenvalue weighted by atomic mass is 9.95. The van der Waals surface area contributed by atoms with Gasteiger partial charge in [0.25, 0.3) is 0 Å². The van der Waals surface area contributed by atoms with Crippen LogP contribution in [0.25, 0.3) is 0 Å². The molecule has 1 aliphatic carbocycles. The molecule has 1 aromatic rings. The molecule has 108 valence electrons. The number of carbonyl (C=O) groups excluding carboxylic acids is 1. The number of nitrogens with one attached hydrogen (secondary N) is 1. The van der Waals surface area contributed by atoms with E-state index in [1.165, 1.54) is 0 Å². The Balaban J connectivity index is 1.80. The number of ether oxygens (including phenoxy) is 1. The first-order valence-electron chi connectivity index (χ1n) is 7.02. The van der Waals surface area contributed by atoms with Gasteiger partial charge in [0.15, 0.2) is 0 Å². The summed E-state index contributed by atoms with van der Waals surface area (Å²) in [6.45, 7) is 5.37. The van der Waals surface area contributed by atoms with E-state index < -0.39 is 0 Å². The van der Waals surface area contributed by atoms with Crippen LogP contribution in [0.1, 0.15) is 24.8 Å². The van der Waals surface area contributed by atoms with Crippen molar-refractivity contribution in [3.63, 3.8) is 0 Å². The van der Waals surface area contributed by atoms with Gasteiger partial charge in [-0.2, -0.15) is 0 Å². The molecule has 0 bridgehead atoms. The molecular formula is C16H22N2O2. The molecule has 20 heavy (non-hydrogen) atoms. The number of nitrogens with two attached hydrogens (primary N) is 1. The molecule has 1 aromatic carbocycles. The van der Waals surface area contributed by atoms with E-state index in [-0.39, 0.29) is 11.3 Å². The lowest BCUT2D eigenvalue weighted by Crippen LogP contribution is -2.36. The van der Waals surface area contributed by atoms with Crippen molar-refractivity contribution in [1.82, 2.24) is 5.32 Å². The Hall–Kier alpha value is -1.81. The third-order valence-corrected chi connectivity index (χ3v) is 3.65. The molecule has 3 N–H and O–H groups in total. The number of hydrogen-bond acceptors (Lipinski definition) is 3. The van der Waals surface area contributed by atoms with Gasteiger partial charge in [-0.25, -0.2) is 0 Å². The molecule has 4 nitrogen and oxygen atoms in total. The normalized spacial score (nSPS) is 15.6. The van der Waals surface area contributed by atoms with Crippen LogP contribution >= 0.6 is 0 Å². The lowest BCUT2D eigenvalue weighted by Gasteiger charge is -2.16. The van der Waals surface area contributed by atoms with Gasteiger partial charge >= 0.3 is 0 Å². The number of benzene rings is 1. The molecular weight excluding hydrogens is 252 g/mol. The van der Waals surface area contributed by atoms with Crippen LogP contribution in [0.3, 0.4) is 0 Å². The summed E-state index contributed by atoms with van der Waals surface area (Å²) in [5.41, 5.74) is 7.12. The highest BCUT2D eigenvalue weighted by atomic mass is 16.5. The van der Waals surface area contributed by atoms with Gasteiger partial charge in [-0.05, 0) is 37.0 Å². The van der Waals surface area contributed by atoms with Crippen molar-refractivity contribution in [3.05, 3.63) is 42.5 Å². The van der Waals surface area contributed by atoms with E-state index >= 15 is 0 Å². The number of anilines is 1. The molecule has 4 heteroatoms. The molecule has 0 atom stereocenters. The van der Waals surface area contributed by atoms with Gasteiger partial charge in [0, 0.05) is 12.2 Å². The van der Waals surface area contributed by atoms with Gasteiger partial charge in [0.2, 0.25) is 5.91 Å². The molecule has 0 heterocycles. The lowest BCUT2D eigenvalue weighted by molar-refractivity contribution is -0.123. The van der Waals surface area contributed by atoms with Crippen LogP contribution in [0.2, 0.25) is 0 Å². The number of amides is 1. The Bertz CT molecular complexity index is 464. The standard InChI is InChI=1S/C16H22N2O2/c1-2-3-11-20-12-10-18-15(19)16(8-9-16)13-4-6-14(17)7-5-13/h2,4-7H,1,3,8-12,17H2,(H,18,19). The molecule has 0 aromatic heterocycles. The predicted octanol–water partition coefficient (Wildman–Crippen LogP) is 2.01. The Morgan fingerprint density at radius 2 is 2.05 bits per heavy atom. The van der Waals surface area contributed by atoms with E-state index in [9.17, 15) is 4.79 Å². The number of nitrogen functional groups attached to an aromatic ring is 1. The maximum Gasteiger partial charge on any atom is 0.230 e. The number of hydrogen-bond donors (Lipinski definition) is 2. The van der Waals surface area contributed by atoms with E-state index in [2.05, 4.69) is 11.9 Å². The number of carbonyl (C=O) groups is 1. The molecule has 1 fully saturated rings. The van der Waals surface area contributed by atoms with Crippen LogP contribution in [0, 0.1) is 0 Å². The second-order valence-electron chi connectivity index (χ2n) is 5.15. The largest absolute Gasteiger partial charge is 0.399 e. The quantitative estimate of drug-likeness (QED) is 0.433. The van der Waals surface area contributed by atoms with Crippen LogP contribution in [-0.4, -0.2) is 25.7 Å². The zero-order valence-electron chi connectivity index (χ0n) is 11.7. The third kappa shape index (κ3) is 3.39. The second-order valence-corrected chi connectivity index (χ2v) is 5.15. The summed E-state index contributed by atoms with van der Waals surface area (Å²) in [6.07, 6.45) is 4.46. The summed E-state index contributed by atoms with van der Waals surface area (Å²) < 4.78 is 5.38. The minimum atomic E-state index is -0.338. The molecule has 0 radical (unpaired) electrons. The van der Waals surface area contributed by atoms with Crippen molar-refractivity contribution in [3.8, 4) is 0 Å². The first kappa shape index (κ1) is 14.6. The van der Waals surface area contributed by atoms with Crippen molar-refractivity contribution in [2.24, 2.45) is 0 Å². The Morgan fingerprint density at radius 1 is 1.35 bits per heavy atom.